The maximum atomic E-state index is 12.6. The van der Waals surface area contributed by atoms with Crippen LogP contribution in [0.3, 0.4) is 0 Å². The quantitative estimate of drug-likeness (QED) is 0.795. The molecule has 1 fully saturated rings. The summed E-state index contributed by atoms with van der Waals surface area (Å²) in [5.74, 6) is -0.872. The van der Waals surface area contributed by atoms with Gasteiger partial charge in [-0.3, -0.25) is 0 Å². The Morgan fingerprint density at radius 2 is 2.00 bits per heavy atom. The first kappa shape index (κ1) is 13.9. The third kappa shape index (κ3) is 2.92. The van der Waals surface area contributed by atoms with Crippen LogP contribution in [0.5, 0.6) is 0 Å². The molecule has 2 rings (SSSR count). The highest BCUT2D eigenvalue weighted by atomic mass is 35.5. The van der Waals surface area contributed by atoms with Crippen LogP contribution in [-0.4, -0.2) is 24.2 Å². The van der Waals surface area contributed by atoms with Gasteiger partial charge in [0.2, 0.25) is 0 Å². The number of rotatable bonds is 1. The van der Waals surface area contributed by atoms with Crippen molar-refractivity contribution in [2.75, 3.05) is 18.0 Å². The van der Waals surface area contributed by atoms with Crippen LogP contribution in [0.15, 0.2) is 12.3 Å². The van der Waals surface area contributed by atoms with Crippen molar-refractivity contribution in [2.45, 2.75) is 19.0 Å². The smallest absolute Gasteiger partial charge is 0.355 e. The minimum Gasteiger partial charge on any atom is -0.355 e. The molecule has 2 heterocycles. The zero-order valence-electron chi connectivity index (χ0n) is 9.91. The fourth-order valence-electron chi connectivity index (χ4n) is 2.16. The summed E-state index contributed by atoms with van der Waals surface area (Å²) in [5, 5.41) is 9.06. The molecule has 0 unspecified atom stereocenters. The number of alkyl halides is 3. The summed E-state index contributed by atoms with van der Waals surface area (Å²) in [6.45, 7) is 0.484. The molecule has 3 nitrogen and oxygen atoms in total. The van der Waals surface area contributed by atoms with E-state index in [9.17, 15) is 13.2 Å². The molecule has 0 atom stereocenters. The predicted octanol–water partition coefficient (Wildman–Crippen LogP) is 3.39. The number of nitriles is 1. The molecule has 0 saturated carbocycles. The predicted molar refractivity (Wildman–Crippen MR) is 65.0 cm³/mol. The van der Waals surface area contributed by atoms with Crippen LogP contribution in [0.4, 0.5) is 19.0 Å². The summed E-state index contributed by atoms with van der Waals surface area (Å²) in [6, 6.07) is 3.41. The maximum absolute atomic E-state index is 12.6. The van der Waals surface area contributed by atoms with Crippen molar-refractivity contribution >= 4 is 17.4 Å². The number of hydrogen-bond acceptors (Lipinski definition) is 3. The topological polar surface area (TPSA) is 39.9 Å². The molecule has 0 aromatic carbocycles. The van der Waals surface area contributed by atoms with Crippen LogP contribution < -0.4 is 4.90 Å². The van der Waals surface area contributed by atoms with Crippen molar-refractivity contribution in [1.29, 1.82) is 5.26 Å². The number of anilines is 1. The van der Waals surface area contributed by atoms with E-state index in [4.69, 9.17) is 16.9 Å². The number of aromatic nitrogens is 1. The summed E-state index contributed by atoms with van der Waals surface area (Å²) in [7, 11) is 0. The van der Waals surface area contributed by atoms with E-state index in [-0.39, 0.29) is 36.5 Å². The molecule has 0 aliphatic carbocycles. The molecule has 1 aromatic rings. The van der Waals surface area contributed by atoms with Crippen molar-refractivity contribution in [3.05, 3.63) is 22.8 Å². The Morgan fingerprint density at radius 3 is 2.53 bits per heavy atom. The number of hydrogen-bond donors (Lipinski definition) is 0. The van der Waals surface area contributed by atoms with Crippen LogP contribution in [0.25, 0.3) is 0 Å². The Bertz CT molecular complexity index is 502. The van der Waals surface area contributed by atoms with Gasteiger partial charge in [0.05, 0.1) is 11.5 Å². The Labute approximate surface area is 113 Å². The molecule has 0 spiro atoms. The molecule has 7 heteroatoms. The second kappa shape index (κ2) is 5.25. The minimum atomic E-state index is -4.14. The Kier molecular flexibility index (Phi) is 3.85. The SMILES string of the molecule is N#Cc1ccnc(N2CCC(C(F)(F)F)CC2)c1Cl. The first-order valence-corrected chi connectivity index (χ1v) is 6.17. The molecule has 1 aliphatic rings. The van der Waals surface area contributed by atoms with Gasteiger partial charge in [-0.1, -0.05) is 11.6 Å². The zero-order valence-corrected chi connectivity index (χ0v) is 10.7. The van der Waals surface area contributed by atoms with E-state index in [2.05, 4.69) is 4.98 Å². The fourth-order valence-corrected chi connectivity index (χ4v) is 2.43. The van der Waals surface area contributed by atoms with E-state index in [1.807, 2.05) is 6.07 Å². The second-order valence-corrected chi connectivity index (χ2v) is 4.79. The zero-order chi connectivity index (χ0) is 14.0. The lowest BCUT2D eigenvalue weighted by atomic mass is 9.96. The third-order valence-electron chi connectivity index (χ3n) is 3.25. The van der Waals surface area contributed by atoms with Gasteiger partial charge in [-0.25, -0.2) is 4.98 Å². The number of piperidine rings is 1. The molecular formula is C12H11ClF3N3. The highest BCUT2D eigenvalue weighted by Gasteiger charge is 2.41. The summed E-state index contributed by atoms with van der Waals surface area (Å²) in [4.78, 5) is 5.76. The monoisotopic (exact) mass is 289 g/mol. The van der Waals surface area contributed by atoms with E-state index in [1.165, 1.54) is 12.3 Å². The van der Waals surface area contributed by atoms with Gasteiger partial charge >= 0.3 is 6.18 Å². The lowest BCUT2D eigenvalue weighted by molar-refractivity contribution is -0.179. The maximum Gasteiger partial charge on any atom is 0.391 e. The summed E-state index contributed by atoms with van der Waals surface area (Å²) in [5.41, 5.74) is 0.282. The van der Waals surface area contributed by atoms with E-state index >= 15 is 0 Å². The van der Waals surface area contributed by atoms with Crippen LogP contribution in [-0.2, 0) is 0 Å². The lowest BCUT2D eigenvalue weighted by Gasteiger charge is -2.34. The molecule has 19 heavy (non-hydrogen) atoms. The Hall–Kier alpha value is -1.48. The van der Waals surface area contributed by atoms with Crippen LogP contribution >= 0.6 is 11.6 Å². The number of pyridine rings is 1. The van der Waals surface area contributed by atoms with Gasteiger partial charge in [0.15, 0.2) is 0 Å². The molecule has 0 amide bonds. The van der Waals surface area contributed by atoms with E-state index in [0.29, 0.717) is 5.82 Å². The van der Waals surface area contributed by atoms with Gasteiger partial charge in [-0.2, -0.15) is 18.4 Å². The van der Waals surface area contributed by atoms with E-state index < -0.39 is 12.1 Å². The largest absolute Gasteiger partial charge is 0.391 e. The normalized spacial score (nSPS) is 17.3. The van der Waals surface area contributed by atoms with Gasteiger partial charge in [0, 0.05) is 19.3 Å². The van der Waals surface area contributed by atoms with Crippen molar-refractivity contribution < 1.29 is 13.2 Å². The molecular weight excluding hydrogens is 279 g/mol. The standard InChI is InChI=1S/C12H11ClF3N3/c13-10-8(7-17)1-4-18-11(10)19-5-2-9(3-6-19)12(14,15)16/h1,4,9H,2-3,5-6H2. The molecule has 0 N–H and O–H groups in total. The van der Waals surface area contributed by atoms with Crippen molar-refractivity contribution in [3.8, 4) is 6.07 Å². The van der Waals surface area contributed by atoms with Crippen molar-refractivity contribution in [1.82, 2.24) is 4.98 Å². The van der Waals surface area contributed by atoms with Crippen LogP contribution in [0, 0.1) is 17.2 Å². The molecule has 0 radical (unpaired) electrons. The summed E-state index contributed by atoms with van der Waals surface area (Å²) in [6.07, 6.45) is -2.65. The second-order valence-electron chi connectivity index (χ2n) is 4.41. The lowest BCUT2D eigenvalue weighted by Crippen LogP contribution is -2.39. The molecule has 0 bridgehead atoms. The average molecular weight is 290 g/mol. The van der Waals surface area contributed by atoms with Gasteiger partial charge in [-0.15, -0.1) is 0 Å². The third-order valence-corrected chi connectivity index (χ3v) is 3.62. The van der Waals surface area contributed by atoms with E-state index in [1.54, 1.807) is 4.90 Å². The Morgan fingerprint density at radius 1 is 1.37 bits per heavy atom. The highest BCUT2D eigenvalue weighted by Crippen LogP contribution is 2.36. The first-order chi connectivity index (χ1) is 8.93. The van der Waals surface area contributed by atoms with Gasteiger partial charge < -0.3 is 4.90 Å². The molecule has 102 valence electrons. The number of halogens is 4. The molecule has 1 aromatic heterocycles. The fraction of sp³-hybridized carbons (Fsp3) is 0.500. The summed E-state index contributed by atoms with van der Waals surface area (Å²) < 4.78 is 37.7. The number of nitrogens with zero attached hydrogens (tertiary/aromatic N) is 3. The summed E-state index contributed by atoms with van der Waals surface area (Å²) >= 11 is 6.02. The molecule has 1 aliphatic heterocycles. The van der Waals surface area contributed by atoms with Crippen molar-refractivity contribution in [3.63, 3.8) is 0 Å². The van der Waals surface area contributed by atoms with Gasteiger partial charge in [0.25, 0.3) is 0 Å². The average Bonchev–Trinajstić information content (AvgIpc) is 2.38. The first-order valence-electron chi connectivity index (χ1n) is 5.79. The van der Waals surface area contributed by atoms with Crippen LogP contribution in [0.2, 0.25) is 5.02 Å². The highest BCUT2D eigenvalue weighted by molar-refractivity contribution is 6.34. The van der Waals surface area contributed by atoms with Crippen molar-refractivity contribution in [2.24, 2.45) is 5.92 Å². The van der Waals surface area contributed by atoms with Gasteiger partial charge in [-0.05, 0) is 18.9 Å². The van der Waals surface area contributed by atoms with Gasteiger partial charge in [0.1, 0.15) is 16.9 Å². The Balaban J connectivity index is 2.13. The minimum absolute atomic E-state index is 0.0261. The molecule has 1 saturated heterocycles. The van der Waals surface area contributed by atoms with E-state index in [0.717, 1.165) is 0 Å². The van der Waals surface area contributed by atoms with Crippen LogP contribution in [0.1, 0.15) is 18.4 Å².